The predicted octanol–water partition coefficient (Wildman–Crippen LogP) is 1.33. The maximum Gasteiger partial charge on any atom is 0.238 e. The van der Waals surface area contributed by atoms with Gasteiger partial charge in [0.15, 0.2) is 0 Å². The Bertz CT molecular complexity index is 727. The average molecular weight is 341 g/mol. The molecule has 1 aliphatic heterocycles. The van der Waals surface area contributed by atoms with Crippen LogP contribution in [0.1, 0.15) is 35.2 Å². The molecule has 0 aliphatic carbocycles. The molecule has 0 saturated carbocycles. The quantitative estimate of drug-likeness (QED) is 0.760. The molecule has 25 heavy (non-hydrogen) atoms. The molecule has 0 bridgehead atoms. The Labute approximate surface area is 147 Å². The van der Waals surface area contributed by atoms with Crippen molar-refractivity contribution in [1.29, 1.82) is 0 Å². The van der Waals surface area contributed by atoms with Crippen LogP contribution in [0.5, 0.6) is 5.75 Å². The lowest BCUT2D eigenvalue weighted by Gasteiger charge is -2.11. The van der Waals surface area contributed by atoms with Crippen LogP contribution in [-0.4, -0.2) is 29.0 Å². The van der Waals surface area contributed by atoms with Crippen molar-refractivity contribution in [3.8, 4) is 5.75 Å². The second-order valence-corrected chi connectivity index (χ2v) is 6.19. The van der Waals surface area contributed by atoms with Crippen molar-refractivity contribution in [3.05, 3.63) is 53.1 Å². The third-order valence-electron chi connectivity index (χ3n) is 4.19. The minimum Gasteiger partial charge on any atom is -0.497 e. The molecule has 2 heterocycles. The fourth-order valence-corrected chi connectivity index (χ4v) is 2.95. The highest BCUT2D eigenvalue weighted by atomic mass is 16.5. The van der Waals surface area contributed by atoms with Gasteiger partial charge in [-0.3, -0.25) is 4.79 Å². The molecule has 1 saturated heterocycles. The monoisotopic (exact) mass is 341 g/mol. The first-order valence-corrected chi connectivity index (χ1v) is 8.29. The zero-order valence-electron chi connectivity index (χ0n) is 14.7. The highest BCUT2D eigenvalue weighted by Crippen LogP contribution is 2.24. The molecule has 3 N–H and O–H groups in total. The topological polar surface area (TPSA) is 88.2 Å². The van der Waals surface area contributed by atoms with E-state index >= 15 is 0 Å². The van der Waals surface area contributed by atoms with Gasteiger partial charge in [0, 0.05) is 17.4 Å². The van der Waals surface area contributed by atoms with Crippen LogP contribution in [0.2, 0.25) is 0 Å². The molecule has 1 fully saturated rings. The van der Waals surface area contributed by atoms with Crippen LogP contribution in [-0.2, 0) is 11.3 Å². The first kappa shape index (κ1) is 17.3. The average Bonchev–Trinajstić information content (AvgIpc) is 3.09. The second-order valence-electron chi connectivity index (χ2n) is 6.19. The summed E-state index contributed by atoms with van der Waals surface area (Å²) < 4.78 is 5.17. The van der Waals surface area contributed by atoms with E-state index in [2.05, 4.69) is 26.1 Å². The maximum atomic E-state index is 12.4. The number of nitrogens with zero attached hydrogens (tertiary/aromatic N) is 2. The molecule has 3 rings (SSSR count). The van der Waals surface area contributed by atoms with E-state index < -0.39 is 0 Å². The lowest BCUT2D eigenvalue weighted by Crippen LogP contribution is -2.43. The minimum absolute atomic E-state index is 0.0636. The standard InChI is InChI=1S/C18H23N5O2/c1-11-8-12(2)21-17(20-11)10-19-18(24)16-9-15(22-23-16)13-4-6-14(25-3)7-5-13/h4-8,15-16,22-23H,9-10H2,1-3H3,(H,19,24). The van der Waals surface area contributed by atoms with Gasteiger partial charge < -0.3 is 10.1 Å². The minimum atomic E-state index is -0.294. The summed E-state index contributed by atoms with van der Waals surface area (Å²) in [5.74, 6) is 1.38. The van der Waals surface area contributed by atoms with Gasteiger partial charge in [0.1, 0.15) is 17.6 Å². The third kappa shape index (κ3) is 4.32. The van der Waals surface area contributed by atoms with Crippen LogP contribution >= 0.6 is 0 Å². The summed E-state index contributed by atoms with van der Waals surface area (Å²) in [6.07, 6.45) is 0.672. The first-order valence-electron chi connectivity index (χ1n) is 8.29. The molecule has 7 nitrogen and oxygen atoms in total. The number of hydrazine groups is 1. The molecule has 1 aliphatic rings. The second kappa shape index (κ2) is 7.58. The van der Waals surface area contributed by atoms with Gasteiger partial charge in [-0.15, -0.1) is 0 Å². The number of hydrogen-bond donors (Lipinski definition) is 3. The first-order chi connectivity index (χ1) is 12.0. The van der Waals surface area contributed by atoms with Crippen LogP contribution in [0, 0.1) is 13.8 Å². The Morgan fingerprint density at radius 2 is 1.88 bits per heavy atom. The smallest absolute Gasteiger partial charge is 0.238 e. The lowest BCUT2D eigenvalue weighted by atomic mass is 10.0. The summed E-state index contributed by atoms with van der Waals surface area (Å²) in [4.78, 5) is 21.1. The van der Waals surface area contributed by atoms with Gasteiger partial charge in [0.2, 0.25) is 5.91 Å². The zero-order chi connectivity index (χ0) is 17.8. The SMILES string of the molecule is COc1ccc(C2CC(C(=O)NCc3nc(C)cc(C)n3)NN2)cc1. The van der Waals surface area contributed by atoms with E-state index in [1.165, 1.54) is 0 Å². The van der Waals surface area contributed by atoms with Crippen molar-refractivity contribution >= 4 is 5.91 Å². The number of rotatable bonds is 5. The van der Waals surface area contributed by atoms with Gasteiger partial charge in [-0.25, -0.2) is 20.8 Å². The van der Waals surface area contributed by atoms with Gasteiger partial charge in [-0.05, 0) is 44.0 Å². The largest absolute Gasteiger partial charge is 0.497 e. The summed E-state index contributed by atoms with van der Waals surface area (Å²) in [5, 5.41) is 2.90. The van der Waals surface area contributed by atoms with Crippen molar-refractivity contribution in [3.63, 3.8) is 0 Å². The van der Waals surface area contributed by atoms with Crippen molar-refractivity contribution in [1.82, 2.24) is 26.1 Å². The number of methoxy groups -OCH3 is 1. The summed E-state index contributed by atoms with van der Waals surface area (Å²) in [6, 6.07) is 9.54. The molecule has 1 amide bonds. The number of ether oxygens (including phenoxy) is 1. The number of carbonyl (C=O) groups is 1. The summed E-state index contributed by atoms with van der Waals surface area (Å²) in [6.45, 7) is 4.16. The number of aromatic nitrogens is 2. The molecule has 0 spiro atoms. The van der Waals surface area contributed by atoms with Crippen LogP contribution in [0.15, 0.2) is 30.3 Å². The molecule has 2 atom stereocenters. The van der Waals surface area contributed by atoms with E-state index in [1.54, 1.807) is 7.11 Å². The highest BCUT2D eigenvalue weighted by Gasteiger charge is 2.30. The highest BCUT2D eigenvalue weighted by molar-refractivity contribution is 5.82. The van der Waals surface area contributed by atoms with Gasteiger partial charge in [0.25, 0.3) is 0 Å². The van der Waals surface area contributed by atoms with E-state index in [0.29, 0.717) is 18.8 Å². The van der Waals surface area contributed by atoms with Crippen LogP contribution in [0.25, 0.3) is 0 Å². The Balaban J connectivity index is 1.55. The van der Waals surface area contributed by atoms with Crippen molar-refractivity contribution in [2.24, 2.45) is 0 Å². The fraction of sp³-hybridized carbons (Fsp3) is 0.389. The number of amides is 1. The molecule has 2 aromatic rings. The predicted molar refractivity (Wildman–Crippen MR) is 93.8 cm³/mol. The molecule has 1 aromatic heterocycles. The van der Waals surface area contributed by atoms with E-state index in [4.69, 9.17) is 4.74 Å². The fourth-order valence-electron chi connectivity index (χ4n) is 2.95. The van der Waals surface area contributed by atoms with Gasteiger partial charge in [-0.1, -0.05) is 12.1 Å². The summed E-state index contributed by atoms with van der Waals surface area (Å²) >= 11 is 0. The van der Waals surface area contributed by atoms with Crippen molar-refractivity contribution in [2.45, 2.75) is 38.9 Å². The number of hydrogen-bond acceptors (Lipinski definition) is 6. The molecular weight excluding hydrogens is 318 g/mol. The summed E-state index contributed by atoms with van der Waals surface area (Å²) in [5.41, 5.74) is 9.15. The van der Waals surface area contributed by atoms with E-state index in [-0.39, 0.29) is 18.0 Å². The van der Waals surface area contributed by atoms with Crippen LogP contribution in [0.3, 0.4) is 0 Å². The number of aryl methyl sites for hydroxylation is 2. The Morgan fingerprint density at radius 3 is 2.52 bits per heavy atom. The van der Waals surface area contributed by atoms with E-state index in [9.17, 15) is 4.79 Å². The van der Waals surface area contributed by atoms with Gasteiger partial charge in [0.05, 0.1) is 13.7 Å². The number of carbonyl (C=O) groups excluding carboxylic acids is 1. The third-order valence-corrected chi connectivity index (χ3v) is 4.19. The van der Waals surface area contributed by atoms with E-state index in [0.717, 1.165) is 22.7 Å². The molecule has 2 unspecified atom stereocenters. The normalized spacial score (nSPS) is 19.6. The Morgan fingerprint density at radius 1 is 1.20 bits per heavy atom. The number of benzene rings is 1. The Kier molecular flexibility index (Phi) is 5.25. The molecular formula is C18H23N5O2. The number of nitrogens with one attached hydrogen (secondary N) is 3. The maximum absolute atomic E-state index is 12.4. The lowest BCUT2D eigenvalue weighted by molar-refractivity contribution is -0.123. The molecule has 7 heteroatoms. The molecule has 1 aromatic carbocycles. The van der Waals surface area contributed by atoms with Crippen LogP contribution < -0.4 is 20.9 Å². The summed E-state index contributed by atoms with van der Waals surface area (Å²) in [7, 11) is 1.64. The molecule has 0 radical (unpaired) electrons. The molecule has 132 valence electrons. The van der Waals surface area contributed by atoms with Gasteiger partial charge >= 0.3 is 0 Å². The zero-order valence-corrected chi connectivity index (χ0v) is 14.7. The van der Waals surface area contributed by atoms with E-state index in [1.807, 2.05) is 44.2 Å². The van der Waals surface area contributed by atoms with Crippen LogP contribution in [0.4, 0.5) is 0 Å². The van der Waals surface area contributed by atoms with Crippen molar-refractivity contribution < 1.29 is 9.53 Å². The van der Waals surface area contributed by atoms with Gasteiger partial charge in [-0.2, -0.15) is 0 Å². The van der Waals surface area contributed by atoms with Crippen molar-refractivity contribution in [2.75, 3.05) is 7.11 Å². The Hall–Kier alpha value is -2.51.